The van der Waals surface area contributed by atoms with Crippen molar-refractivity contribution >= 4 is 29.4 Å². The molecule has 0 bridgehead atoms. The van der Waals surface area contributed by atoms with Gasteiger partial charge in [0.15, 0.2) is 0 Å². The van der Waals surface area contributed by atoms with Crippen molar-refractivity contribution in [2.45, 2.75) is 30.4 Å². The van der Waals surface area contributed by atoms with E-state index in [9.17, 15) is 19.7 Å². The van der Waals surface area contributed by atoms with Crippen LogP contribution in [0.2, 0.25) is 0 Å². The predicted molar refractivity (Wildman–Crippen MR) is 85.2 cm³/mol. The minimum Gasteiger partial charge on any atom is -0.469 e. The quantitative estimate of drug-likeness (QED) is 0.310. The number of carbonyl (C=O) groups is 2. The summed E-state index contributed by atoms with van der Waals surface area (Å²) in [6.45, 7) is 3.67. The van der Waals surface area contributed by atoms with E-state index in [4.69, 9.17) is 9.47 Å². The normalized spacial score (nSPS) is 13.0. The molecule has 0 aliphatic rings. The zero-order chi connectivity index (χ0) is 17.4. The van der Waals surface area contributed by atoms with Crippen LogP contribution in [0.3, 0.4) is 0 Å². The van der Waals surface area contributed by atoms with E-state index in [-0.39, 0.29) is 12.3 Å². The summed E-state index contributed by atoms with van der Waals surface area (Å²) in [5, 5.41) is 9.90. The number of esters is 2. The lowest BCUT2D eigenvalue weighted by Gasteiger charge is -2.22. The van der Waals surface area contributed by atoms with E-state index in [2.05, 4.69) is 0 Å². The fourth-order valence-corrected chi connectivity index (χ4v) is 3.19. The van der Waals surface area contributed by atoms with E-state index >= 15 is 0 Å². The molecule has 0 saturated heterocycles. The van der Waals surface area contributed by atoms with Gasteiger partial charge in [0.2, 0.25) is 0 Å². The molecule has 2 atom stereocenters. The predicted octanol–water partition coefficient (Wildman–Crippen LogP) is 2.82. The molecular weight excluding hydrogens is 322 g/mol. The Kier molecular flexibility index (Phi) is 7.53. The molecule has 0 saturated carbocycles. The number of hydrogen-bond acceptors (Lipinski definition) is 7. The van der Waals surface area contributed by atoms with E-state index in [0.29, 0.717) is 11.3 Å². The summed E-state index contributed by atoms with van der Waals surface area (Å²) in [5.41, 5.74) is -0.0398. The Morgan fingerprint density at radius 1 is 1.22 bits per heavy atom. The number of hydrogen-bond donors (Lipinski definition) is 0. The van der Waals surface area contributed by atoms with Gasteiger partial charge in [-0.2, -0.15) is 0 Å². The Balaban J connectivity index is 3.02. The highest BCUT2D eigenvalue weighted by Crippen LogP contribution is 2.32. The Morgan fingerprint density at radius 2 is 1.83 bits per heavy atom. The van der Waals surface area contributed by atoms with Gasteiger partial charge in [-0.25, -0.2) is 0 Å². The van der Waals surface area contributed by atoms with Crippen molar-refractivity contribution in [1.82, 2.24) is 0 Å². The highest BCUT2D eigenvalue weighted by molar-refractivity contribution is 8.00. The summed E-state index contributed by atoms with van der Waals surface area (Å²) in [5.74, 6) is -1.65. The van der Waals surface area contributed by atoms with Gasteiger partial charge in [-0.05, 0) is 25.5 Å². The van der Waals surface area contributed by atoms with Crippen LogP contribution in [0.4, 0.5) is 5.69 Å². The van der Waals surface area contributed by atoms with Crippen LogP contribution in [0.25, 0.3) is 0 Å². The van der Waals surface area contributed by atoms with Gasteiger partial charge in [0.05, 0.1) is 24.6 Å². The summed E-state index contributed by atoms with van der Waals surface area (Å²) >= 11 is 1.14. The van der Waals surface area contributed by atoms with Gasteiger partial charge in [-0.3, -0.25) is 19.7 Å². The van der Waals surface area contributed by atoms with Crippen molar-refractivity contribution in [3.8, 4) is 0 Å². The maximum atomic E-state index is 12.2. The first-order valence-corrected chi connectivity index (χ1v) is 7.98. The van der Waals surface area contributed by atoms with Gasteiger partial charge in [-0.1, -0.05) is 6.92 Å². The van der Waals surface area contributed by atoms with E-state index < -0.39 is 28.0 Å². The van der Waals surface area contributed by atoms with Crippen molar-refractivity contribution in [3.63, 3.8) is 0 Å². The van der Waals surface area contributed by atoms with Crippen LogP contribution in [0.15, 0.2) is 29.2 Å². The number of rotatable bonds is 8. The molecule has 0 aliphatic carbocycles. The zero-order valence-electron chi connectivity index (χ0n) is 13.2. The maximum absolute atomic E-state index is 12.2. The molecule has 1 aromatic carbocycles. The second-order valence-electron chi connectivity index (χ2n) is 4.58. The van der Waals surface area contributed by atoms with Gasteiger partial charge in [0.1, 0.15) is 5.25 Å². The molecule has 0 fully saturated rings. The average Bonchev–Trinajstić information content (AvgIpc) is 2.54. The molecule has 0 N–H and O–H groups in total. The molecular formula is C15H19NO6S. The molecule has 0 spiro atoms. The molecule has 0 unspecified atom stereocenters. The lowest BCUT2D eigenvalue weighted by Crippen LogP contribution is -2.34. The van der Waals surface area contributed by atoms with Crippen molar-refractivity contribution in [3.05, 3.63) is 34.4 Å². The van der Waals surface area contributed by atoms with Gasteiger partial charge >= 0.3 is 11.9 Å². The number of nitro benzene ring substituents is 1. The Labute approximate surface area is 138 Å². The van der Waals surface area contributed by atoms with E-state index in [1.807, 2.05) is 0 Å². The number of carbonyl (C=O) groups excluding carboxylic acids is 2. The summed E-state index contributed by atoms with van der Waals surface area (Å²) in [6.07, 6.45) is 0.413. The van der Waals surface area contributed by atoms with Crippen molar-refractivity contribution in [1.29, 1.82) is 0 Å². The molecule has 1 rings (SSSR count). The van der Waals surface area contributed by atoms with Crippen LogP contribution in [-0.4, -0.2) is 35.8 Å². The van der Waals surface area contributed by atoms with Crippen molar-refractivity contribution in [2.24, 2.45) is 5.92 Å². The Morgan fingerprint density at radius 3 is 2.26 bits per heavy atom. The number of nitrogens with zero attached hydrogens (tertiary/aromatic N) is 1. The number of nitro groups is 1. The first-order chi connectivity index (χ1) is 10.9. The number of methoxy groups -OCH3 is 1. The molecule has 1 aromatic rings. The third-order valence-electron chi connectivity index (χ3n) is 3.14. The topological polar surface area (TPSA) is 95.7 Å². The summed E-state index contributed by atoms with van der Waals surface area (Å²) in [6, 6.07) is 5.78. The minimum absolute atomic E-state index is 0.0398. The molecule has 23 heavy (non-hydrogen) atoms. The number of ether oxygens (including phenoxy) is 2. The molecule has 0 amide bonds. The third-order valence-corrected chi connectivity index (χ3v) is 4.46. The molecule has 0 aliphatic heterocycles. The molecule has 0 aromatic heterocycles. The maximum Gasteiger partial charge on any atom is 0.320 e. The largest absolute Gasteiger partial charge is 0.469 e. The summed E-state index contributed by atoms with van der Waals surface area (Å²) in [4.78, 5) is 34.9. The highest BCUT2D eigenvalue weighted by Gasteiger charge is 2.35. The first-order valence-electron chi connectivity index (χ1n) is 7.10. The number of benzene rings is 1. The lowest BCUT2D eigenvalue weighted by molar-refractivity contribution is -0.384. The molecule has 7 nitrogen and oxygen atoms in total. The van der Waals surface area contributed by atoms with Crippen LogP contribution in [-0.2, 0) is 19.1 Å². The van der Waals surface area contributed by atoms with Gasteiger partial charge in [0.25, 0.3) is 5.69 Å². The Bertz CT molecular complexity index is 560. The van der Waals surface area contributed by atoms with Crippen LogP contribution >= 0.6 is 11.8 Å². The third kappa shape index (κ3) is 5.24. The van der Waals surface area contributed by atoms with Crippen LogP contribution < -0.4 is 0 Å². The van der Waals surface area contributed by atoms with Crippen molar-refractivity contribution < 1.29 is 24.0 Å². The fourth-order valence-electron chi connectivity index (χ4n) is 1.97. The summed E-state index contributed by atoms with van der Waals surface area (Å²) < 4.78 is 9.79. The van der Waals surface area contributed by atoms with Crippen molar-refractivity contribution in [2.75, 3.05) is 13.7 Å². The second-order valence-corrected chi connectivity index (χ2v) is 5.79. The summed E-state index contributed by atoms with van der Waals surface area (Å²) in [7, 11) is 1.27. The fraction of sp³-hybridized carbons (Fsp3) is 0.467. The van der Waals surface area contributed by atoms with Crippen LogP contribution in [0.5, 0.6) is 0 Å². The average molecular weight is 341 g/mol. The van der Waals surface area contributed by atoms with Gasteiger partial charge < -0.3 is 9.47 Å². The molecule has 126 valence electrons. The molecule has 0 heterocycles. The number of thioether (sulfide) groups is 1. The first kappa shape index (κ1) is 19.0. The van der Waals surface area contributed by atoms with E-state index in [0.717, 1.165) is 11.8 Å². The van der Waals surface area contributed by atoms with Gasteiger partial charge in [0, 0.05) is 17.0 Å². The van der Waals surface area contributed by atoms with E-state index in [1.165, 1.54) is 19.2 Å². The molecule has 0 radical (unpaired) electrons. The second kappa shape index (κ2) is 9.14. The van der Waals surface area contributed by atoms with Crippen LogP contribution in [0.1, 0.15) is 20.3 Å². The smallest absolute Gasteiger partial charge is 0.320 e. The standard InChI is InChI=1S/C15H19NO6S/c1-4-12(14(17)21-3)13(15(18)22-5-2)23-11-8-6-10(7-9-11)16(19)20/h6-9,12-13H,4-5H2,1-3H3/t12-,13-/m1/s1. The van der Waals surface area contributed by atoms with E-state index in [1.54, 1.807) is 26.0 Å². The Hall–Kier alpha value is -2.09. The zero-order valence-corrected chi connectivity index (χ0v) is 14.0. The monoisotopic (exact) mass is 341 g/mol. The SMILES string of the molecule is CCOC(=O)[C@H](Sc1ccc([N+](=O)[O-])cc1)[C@@H](CC)C(=O)OC. The minimum atomic E-state index is -0.770. The van der Waals surface area contributed by atoms with Gasteiger partial charge in [-0.15, -0.1) is 11.8 Å². The highest BCUT2D eigenvalue weighted by atomic mass is 32.2. The lowest BCUT2D eigenvalue weighted by atomic mass is 10.0. The van der Waals surface area contributed by atoms with Crippen LogP contribution in [0, 0.1) is 16.0 Å². The number of non-ortho nitro benzene ring substituents is 1. The molecule has 8 heteroatoms.